The largest absolute Gasteiger partial charge is 0.478 e. The van der Waals surface area contributed by atoms with Gasteiger partial charge in [-0.15, -0.1) is 0 Å². The fourth-order valence-corrected chi connectivity index (χ4v) is 1.85. The molecule has 0 spiro atoms. The predicted molar refractivity (Wildman–Crippen MR) is 80.0 cm³/mol. The molecule has 2 rings (SSSR count). The number of benzene rings is 1. The zero-order valence-electron chi connectivity index (χ0n) is 11.7. The number of carbonyl (C=O) groups is 1. The number of nitrogens with zero attached hydrogens (tertiary/aromatic N) is 2. The van der Waals surface area contributed by atoms with Crippen LogP contribution in [0, 0.1) is 6.92 Å². The maximum Gasteiger partial charge on any atom is 0.335 e. The molecule has 2 aromatic rings. The van der Waals surface area contributed by atoms with Gasteiger partial charge < -0.3 is 15.3 Å². The molecule has 1 aromatic heterocycles. The average Bonchev–Trinajstić information content (AvgIpc) is 2.38. The highest BCUT2D eigenvalue weighted by molar-refractivity contribution is 5.88. The molecule has 20 heavy (non-hydrogen) atoms. The molecule has 5 nitrogen and oxygen atoms in total. The molecule has 0 bridgehead atoms. The Morgan fingerprint density at radius 3 is 2.40 bits per heavy atom. The minimum atomic E-state index is -0.957. The predicted octanol–water partition coefficient (Wildman–Crippen LogP) is 2.90. The smallest absolute Gasteiger partial charge is 0.335 e. The van der Waals surface area contributed by atoms with Crippen molar-refractivity contribution in [1.29, 1.82) is 0 Å². The molecule has 1 heterocycles. The molecule has 0 fully saturated rings. The fraction of sp³-hybridized carbons (Fsp3) is 0.200. The molecule has 0 aliphatic rings. The molecule has 0 saturated carbocycles. The second-order valence-electron chi connectivity index (χ2n) is 4.75. The Bertz CT molecular complexity index is 622. The van der Waals surface area contributed by atoms with Crippen LogP contribution in [-0.2, 0) is 0 Å². The zero-order valence-corrected chi connectivity index (χ0v) is 11.7. The van der Waals surface area contributed by atoms with E-state index in [1.165, 1.54) is 6.07 Å². The molecular weight excluding hydrogens is 254 g/mol. The van der Waals surface area contributed by atoms with Crippen molar-refractivity contribution in [1.82, 2.24) is 4.98 Å². The van der Waals surface area contributed by atoms with E-state index >= 15 is 0 Å². The van der Waals surface area contributed by atoms with E-state index in [9.17, 15) is 4.79 Å². The van der Waals surface area contributed by atoms with Crippen molar-refractivity contribution in [2.45, 2.75) is 6.92 Å². The first kappa shape index (κ1) is 13.9. The molecule has 0 atom stereocenters. The Balaban J connectivity index is 2.23. The van der Waals surface area contributed by atoms with E-state index in [0.717, 1.165) is 11.4 Å². The molecule has 5 heteroatoms. The van der Waals surface area contributed by atoms with Crippen molar-refractivity contribution in [2.75, 3.05) is 24.3 Å². The minimum Gasteiger partial charge on any atom is -0.478 e. The maximum atomic E-state index is 11.0. The summed E-state index contributed by atoms with van der Waals surface area (Å²) in [6.45, 7) is 1.77. The SMILES string of the molecule is Cc1cc(C(=O)O)cc(Nc2ccc(N(C)C)cc2)n1. The lowest BCUT2D eigenvalue weighted by Crippen LogP contribution is -2.08. The van der Waals surface area contributed by atoms with Gasteiger partial charge in [0.05, 0.1) is 5.56 Å². The number of nitrogens with one attached hydrogen (secondary N) is 1. The average molecular weight is 271 g/mol. The Hall–Kier alpha value is -2.56. The third kappa shape index (κ3) is 3.26. The third-order valence-corrected chi connectivity index (χ3v) is 2.86. The van der Waals surface area contributed by atoms with Crippen LogP contribution >= 0.6 is 0 Å². The highest BCUT2D eigenvalue weighted by Gasteiger charge is 2.07. The van der Waals surface area contributed by atoms with Gasteiger partial charge in [0.25, 0.3) is 0 Å². The Morgan fingerprint density at radius 1 is 1.20 bits per heavy atom. The van der Waals surface area contributed by atoms with Crippen LogP contribution in [-0.4, -0.2) is 30.2 Å². The summed E-state index contributed by atoms with van der Waals surface area (Å²) < 4.78 is 0. The third-order valence-electron chi connectivity index (χ3n) is 2.86. The summed E-state index contributed by atoms with van der Waals surface area (Å²) >= 11 is 0. The van der Waals surface area contributed by atoms with Crippen LogP contribution in [0.4, 0.5) is 17.2 Å². The molecular formula is C15H17N3O2. The van der Waals surface area contributed by atoms with E-state index in [2.05, 4.69) is 10.3 Å². The van der Waals surface area contributed by atoms with Crippen molar-refractivity contribution < 1.29 is 9.90 Å². The van der Waals surface area contributed by atoms with Crippen LogP contribution in [0.5, 0.6) is 0 Å². The number of aromatic carboxylic acids is 1. The number of aromatic nitrogens is 1. The Morgan fingerprint density at radius 2 is 1.85 bits per heavy atom. The molecule has 1 aromatic carbocycles. The maximum absolute atomic E-state index is 11.0. The molecule has 0 radical (unpaired) electrons. The van der Waals surface area contributed by atoms with Gasteiger partial charge in [-0.1, -0.05) is 0 Å². The normalized spacial score (nSPS) is 10.2. The highest BCUT2D eigenvalue weighted by atomic mass is 16.4. The molecule has 0 amide bonds. The molecule has 0 saturated heterocycles. The molecule has 2 N–H and O–H groups in total. The van der Waals surface area contributed by atoms with Crippen LogP contribution in [0.15, 0.2) is 36.4 Å². The summed E-state index contributed by atoms with van der Waals surface area (Å²) in [7, 11) is 3.95. The molecule has 104 valence electrons. The number of hydrogen-bond donors (Lipinski definition) is 2. The van der Waals surface area contributed by atoms with Gasteiger partial charge in [0, 0.05) is 31.2 Å². The highest BCUT2D eigenvalue weighted by Crippen LogP contribution is 2.20. The zero-order chi connectivity index (χ0) is 14.7. The first-order chi connectivity index (χ1) is 9.45. The van der Waals surface area contributed by atoms with Gasteiger partial charge in [0.15, 0.2) is 0 Å². The van der Waals surface area contributed by atoms with Gasteiger partial charge in [-0.3, -0.25) is 0 Å². The second-order valence-corrected chi connectivity index (χ2v) is 4.75. The Kier molecular flexibility index (Phi) is 3.89. The number of pyridine rings is 1. The standard InChI is InChI=1S/C15H17N3O2/c1-10-8-11(15(19)20)9-14(16-10)17-12-4-6-13(7-5-12)18(2)3/h4-9H,1-3H3,(H,16,17)(H,19,20). The summed E-state index contributed by atoms with van der Waals surface area (Å²) in [5.41, 5.74) is 2.85. The number of rotatable bonds is 4. The van der Waals surface area contributed by atoms with Gasteiger partial charge in [-0.25, -0.2) is 9.78 Å². The first-order valence-corrected chi connectivity index (χ1v) is 6.22. The van der Waals surface area contributed by atoms with Crippen LogP contribution < -0.4 is 10.2 Å². The topological polar surface area (TPSA) is 65.5 Å². The van der Waals surface area contributed by atoms with Crippen molar-refractivity contribution in [3.63, 3.8) is 0 Å². The van der Waals surface area contributed by atoms with Gasteiger partial charge in [0.2, 0.25) is 0 Å². The van der Waals surface area contributed by atoms with E-state index in [-0.39, 0.29) is 5.56 Å². The van der Waals surface area contributed by atoms with Crippen LogP contribution in [0.3, 0.4) is 0 Å². The molecule has 0 unspecified atom stereocenters. The summed E-state index contributed by atoms with van der Waals surface area (Å²) in [6.07, 6.45) is 0. The molecule has 0 aliphatic carbocycles. The summed E-state index contributed by atoms with van der Waals surface area (Å²) in [6, 6.07) is 10.9. The monoisotopic (exact) mass is 271 g/mol. The van der Waals surface area contributed by atoms with Crippen molar-refractivity contribution >= 4 is 23.2 Å². The van der Waals surface area contributed by atoms with Crippen molar-refractivity contribution in [2.24, 2.45) is 0 Å². The van der Waals surface area contributed by atoms with Gasteiger partial charge in [-0.2, -0.15) is 0 Å². The van der Waals surface area contributed by atoms with Crippen LogP contribution in [0.25, 0.3) is 0 Å². The van der Waals surface area contributed by atoms with Gasteiger partial charge >= 0.3 is 5.97 Å². The van der Waals surface area contributed by atoms with Crippen LogP contribution in [0.1, 0.15) is 16.1 Å². The van der Waals surface area contributed by atoms with Gasteiger partial charge in [0.1, 0.15) is 5.82 Å². The van der Waals surface area contributed by atoms with Crippen LogP contribution in [0.2, 0.25) is 0 Å². The summed E-state index contributed by atoms with van der Waals surface area (Å²) in [4.78, 5) is 17.3. The number of anilines is 3. The van der Waals surface area contributed by atoms with E-state index in [1.54, 1.807) is 13.0 Å². The van der Waals surface area contributed by atoms with E-state index in [4.69, 9.17) is 5.11 Å². The quantitative estimate of drug-likeness (QED) is 0.895. The second kappa shape index (κ2) is 5.61. The van der Waals surface area contributed by atoms with Crippen molar-refractivity contribution in [3.05, 3.63) is 47.7 Å². The number of carboxylic acid groups (broad SMARTS) is 1. The molecule has 0 aliphatic heterocycles. The summed E-state index contributed by atoms with van der Waals surface area (Å²) in [5, 5.41) is 12.1. The van der Waals surface area contributed by atoms with E-state index in [1.807, 2.05) is 43.3 Å². The Labute approximate surface area is 117 Å². The minimum absolute atomic E-state index is 0.227. The van der Waals surface area contributed by atoms with Gasteiger partial charge in [-0.05, 0) is 43.3 Å². The summed E-state index contributed by atoms with van der Waals surface area (Å²) in [5.74, 6) is -0.429. The van der Waals surface area contributed by atoms with Crippen molar-refractivity contribution in [3.8, 4) is 0 Å². The first-order valence-electron chi connectivity index (χ1n) is 6.22. The number of hydrogen-bond acceptors (Lipinski definition) is 4. The fourth-order valence-electron chi connectivity index (χ4n) is 1.85. The number of aryl methyl sites for hydroxylation is 1. The number of carboxylic acids is 1. The lowest BCUT2D eigenvalue weighted by Gasteiger charge is -2.13. The lowest BCUT2D eigenvalue weighted by atomic mass is 10.2. The lowest BCUT2D eigenvalue weighted by molar-refractivity contribution is 0.0696. The van der Waals surface area contributed by atoms with E-state index < -0.39 is 5.97 Å². The van der Waals surface area contributed by atoms with E-state index in [0.29, 0.717) is 11.5 Å².